The fourth-order valence-electron chi connectivity index (χ4n) is 3.83. The predicted molar refractivity (Wildman–Crippen MR) is 133 cm³/mol. The van der Waals surface area contributed by atoms with E-state index in [2.05, 4.69) is 12.2 Å². The number of non-ortho nitro benzene ring substituents is 1. The molecular weight excluding hydrogens is 446 g/mol. The van der Waals surface area contributed by atoms with Crippen molar-refractivity contribution in [1.82, 2.24) is 9.88 Å². The number of amides is 1. The van der Waals surface area contributed by atoms with Gasteiger partial charge in [-0.1, -0.05) is 61.5 Å². The van der Waals surface area contributed by atoms with E-state index in [0.717, 1.165) is 16.6 Å². The molecule has 35 heavy (non-hydrogen) atoms. The van der Waals surface area contributed by atoms with E-state index in [4.69, 9.17) is 0 Å². The number of aromatic nitrogens is 1. The van der Waals surface area contributed by atoms with Crippen LogP contribution < -0.4 is 10.9 Å². The number of rotatable bonds is 7. The smallest absolute Gasteiger partial charge is 0.270 e. The number of nitro groups is 1. The van der Waals surface area contributed by atoms with Crippen molar-refractivity contribution < 1.29 is 14.5 Å². The van der Waals surface area contributed by atoms with E-state index < -0.39 is 22.3 Å². The van der Waals surface area contributed by atoms with Crippen molar-refractivity contribution >= 4 is 28.4 Å². The molecule has 1 N–H and O–H groups in total. The third kappa shape index (κ3) is 5.16. The van der Waals surface area contributed by atoms with Crippen LogP contribution in [0.25, 0.3) is 10.9 Å². The van der Waals surface area contributed by atoms with Crippen LogP contribution in [-0.2, 0) is 19.4 Å². The van der Waals surface area contributed by atoms with Gasteiger partial charge in [-0.25, -0.2) is 4.57 Å². The van der Waals surface area contributed by atoms with Gasteiger partial charge in [0.1, 0.15) is 5.56 Å². The quantitative estimate of drug-likeness (QED) is 0.321. The molecule has 1 aromatic heterocycles. The first-order valence-electron chi connectivity index (χ1n) is 11.1. The molecule has 1 heterocycles. The minimum Gasteiger partial charge on any atom is -0.348 e. The van der Waals surface area contributed by atoms with Crippen LogP contribution in [0.3, 0.4) is 0 Å². The molecule has 0 bridgehead atoms. The summed E-state index contributed by atoms with van der Waals surface area (Å²) in [5.41, 5.74) is 2.04. The van der Waals surface area contributed by atoms with Gasteiger partial charge >= 0.3 is 0 Å². The summed E-state index contributed by atoms with van der Waals surface area (Å²) in [5, 5.41) is 14.2. The van der Waals surface area contributed by atoms with Crippen molar-refractivity contribution in [1.29, 1.82) is 0 Å². The second-order valence-electron chi connectivity index (χ2n) is 8.10. The fraction of sp³-hybridized carbons (Fsp3) is 0.148. The van der Waals surface area contributed by atoms with Crippen LogP contribution in [0.15, 0.2) is 83.7 Å². The highest BCUT2D eigenvalue weighted by Gasteiger charge is 2.20. The van der Waals surface area contributed by atoms with E-state index in [0.29, 0.717) is 16.5 Å². The zero-order valence-corrected chi connectivity index (χ0v) is 19.1. The maximum absolute atomic E-state index is 13.3. The zero-order valence-electron chi connectivity index (χ0n) is 19.1. The molecule has 0 aliphatic carbocycles. The van der Waals surface area contributed by atoms with Crippen LogP contribution in [0.5, 0.6) is 0 Å². The molecule has 0 spiro atoms. The predicted octanol–water partition coefficient (Wildman–Crippen LogP) is 4.29. The number of carbonyl (C=O) groups is 2. The largest absolute Gasteiger partial charge is 0.348 e. The molecule has 8 nitrogen and oxygen atoms in total. The summed E-state index contributed by atoms with van der Waals surface area (Å²) in [6, 6.07) is 21.7. The molecule has 176 valence electrons. The van der Waals surface area contributed by atoms with Gasteiger partial charge < -0.3 is 5.32 Å². The van der Waals surface area contributed by atoms with E-state index in [1.54, 1.807) is 24.3 Å². The summed E-state index contributed by atoms with van der Waals surface area (Å²) in [7, 11) is 0. The Morgan fingerprint density at radius 2 is 1.54 bits per heavy atom. The molecule has 8 heteroatoms. The maximum atomic E-state index is 13.3. The van der Waals surface area contributed by atoms with Gasteiger partial charge in [0.25, 0.3) is 17.2 Å². The Kier molecular flexibility index (Phi) is 6.82. The lowest BCUT2D eigenvalue weighted by Crippen LogP contribution is -2.36. The summed E-state index contributed by atoms with van der Waals surface area (Å²) in [4.78, 5) is 49.8. The van der Waals surface area contributed by atoms with Crippen LogP contribution >= 0.6 is 0 Å². The second-order valence-corrected chi connectivity index (χ2v) is 8.10. The number of hydrogen-bond donors (Lipinski definition) is 1. The maximum Gasteiger partial charge on any atom is 0.270 e. The monoisotopic (exact) mass is 469 g/mol. The molecule has 0 unspecified atom stereocenters. The SMILES string of the molecule is CCc1ccc(CNC(=O)c2cc3ccccc3n(C(=O)Cc3ccc([N+](=O)[O-])cc3)c2=O)cc1. The fourth-order valence-corrected chi connectivity index (χ4v) is 3.83. The van der Waals surface area contributed by atoms with Gasteiger partial charge in [-0.2, -0.15) is 0 Å². The molecule has 0 saturated heterocycles. The molecular formula is C27H23N3O5. The summed E-state index contributed by atoms with van der Waals surface area (Å²) in [5.74, 6) is -1.11. The highest BCUT2D eigenvalue weighted by Crippen LogP contribution is 2.16. The molecule has 0 fully saturated rings. The third-order valence-corrected chi connectivity index (χ3v) is 5.79. The average Bonchev–Trinajstić information content (AvgIpc) is 2.87. The molecule has 0 aliphatic rings. The van der Waals surface area contributed by atoms with Crippen LogP contribution in [0.1, 0.15) is 38.8 Å². The van der Waals surface area contributed by atoms with Gasteiger partial charge in [0.2, 0.25) is 5.91 Å². The van der Waals surface area contributed by atoms with E-state index >= 15 is 0 Å². The number of pyridine rings is 1. The van der Waals surface area contributed by atoms with E-state index in [1.165, 1.54) is 35.9 Å². The molecule has 4 aromatic rings. The number of nitrogens with one attached hydrogen (secondary N) is 1. The number of fused-ring (bicyclic) bond motifs is 1. The first-order valence-corrected chi connectivity index (χ1v) is 11.1. The van der Waals surface area contributed by atoms with E-state index in [9.17, 15) is 24.5 Å². The lowest BCUT2D eigenvalue weighted by molar-refractivity contribution is -0.384. The van der Waals surface area contributed by atoms with Gasteiger partial charge in [0.05, 0.1) is 16.9 Å². The van der Waals surface area contributed by atoms with Crippen molar-refractivity contribution in [2.75, 3.05) is 0 Å². The van der Waals surface area contributed by atoms with Gasteiger partial charge in [0, 0.05) is 18.7 Å². The van der Waals surface area contributed by atoms with Crippen LogP contribution in [0.4, 0.5) is 5.69 Å². The summed E-state index contributed by atoms with van der Waals surface area (Å²) >= 11 is 0. The van der Waals surface area contributed by atoms with Crippen LogP contribution in [0.2, 0.25) is 0 Å². The number of benzene rings is 3. The lowest BCUT2D eigenvalue weighted by Gasteiger charge is -2.12. The Morgan fingerprint density at radius 1 is 0.914 bits per heavy atom. The van der Waals surface area contributed by atoms with Crippen molar-refractivity contribution in [3.8, 4) is 0 Å². The Hall–Kier alpha value is -4.59. The van der Waals surface area contributed by atoms with Gasteiger partial charge in [-0.15, -0.1) is 0 Å². The minimum absolute atomic E-state index is 0.0909. The second kappa shape index (κ2) is 10.1. The standard InChI is InChI=1S/C27H23N3O5/c1-2-18-7-9-20(10-8-18)17-28-26(32)23-16-21-5-3-4-6-24(21)29(27(23)33)25(31)15-19-11-13-22(14-12-19)30(34)35/h3-14,16H,2,15,17H2,1H3,(H,28,32). The number of aryl methyl sites for hydroxylation is 1. The van der Waals surface area contributed by atoms with Crippen molar-refractivity contribution in [2.24, 2.45) is 0 Å². The zero-order chi connectivity index (χ0) is 24.9. The number of nitrogens with zero attached hydrogens (tertiary/aromatic N) is 2. The van der Waals surface area contributed by atoms with E-state index in [1.807, 2.05) is 24.3 Å². The van der Waals surface area contributed by atoms with Crippen molar-refractivity contribution in [3.05, 3.63) is 122 Å². The van der Waals surface area contributed by atoms with Crippen LogP contribution in [0, 0.1) is 10.1 Å². The normalized spacial score (nSPS) is 10.8. The first-order chi connectivity index (χ1) is 16.9. The van der Waals surface area contributed by atoms with E-state index in [-0.39, 0.29) is 24.2 Å². The molecule has 0 saturated carbocycles. The molecule has 0 radical (unpaired) electrons. The Bertz CT molecular complexity index is 1470. The molecule has 0 atom stereocenters. The summed E-state index contributed by atoms with van der Waals surface area (Å²) in [6.07, 6.45) is 0.758. The molecule has 3 aromatic carbocycles. The topological polar surface area (TPSA) is 111 Å². The number of carbonyl (C=O) groups excluding carboxylic acids is 2. The Balaban J connectivity index is 1.63. The Labute approximate surface area is 201 Å². The number of para-hydroxylation sites is 1. The number of nitro benzene ring substituents is 1. The average molecular weight is 469 g/mol. The van der Waals surface area contributed by atoms with Gasteiger partial charge in [0.15, 0.2) is 0 Å². The Morgan fingerprint density at radius 3 is 2.20 bits per heavy atom. The first kappa shape index (κ1) is 23.6. The molecule has 0 aliphatic heterocycles. The van der Waals surface area contributed by atoms with Crippen molar-refractivity contribution in [3.63, 3.8) is 0 Å². The van der Waals surface area contributed by atoms with Crippen LogP contribution in [-0.4, -0.2) is 21.3 Å². The van der Waals surface area contributed by atoms with Crippen molar-refractivity contribution in [2.45, 2.75) is 26.3 Å². The summed E-state index contributed by atoms with van der Waals surface area (Å²) in [6.45, 7) is 2.30. The van der Waals surface area contributed by atoms with Gasteiger partial charge in [-0.3, -0.25) is 24.5 Å². The molecule has 4 rings (SSSR count). The lowest BCUT2D eigenvalue weighted by atomic mass is 10.1. The number of hydrogen-bond acceptors (Lipinski definition) is 5. The third-order valence-electron chi connectivity index (χ3n) is 5.79. The van der Waals surface area contributed by atoms with Gasteiger partial charge in [-0.05, 0) is 40.6 Å². The highest BCUT2D eigenvalue weighted by atomic mass is 16.6. The molecule has 1 amide bonds. The summed E-state index contributed by atoms with van der Waals surface area (Å²) < 4.78 is 1.00. The minimum atomic E-state index is -0.713. The highest BCUT2D eigenvalue weighted by molar-refractivity contribution is 6.00.